The Morgan fingerprint density at radius 2 is 1.58 bits per heavy atom. The summed E-state index contributed by atoms with van der Waals surface area (Å²) in [6.07, 6.45) is -0.167. The van der Waals surface area contributed by atoms with Crippen LogP contribution in [0.4, 0.5) is 0 Å². The van der Waals surface area contributed by atoms with Gasteiger partial charge in [-0.2, -0.15) is 0 Å². The van der Waals surface area contributed by atoms with E-state index in [-0.39, 0.29) is 12.4 Å². The zero-order valence-electron chi connectivity index (χ0n) is 6.56. The summed E-state index contributed by atoms with van der Waals surface area (Å²) in [7, 11) is 0. The van der Waals surface area contributed by atoms with Gasteiger partial charge >= 0.3 is 11.9 Å². The van der Waals surface area contributed by atoms with E-state index in [2.05, 4.69) is 0 Å². The Balaban J connectivity index is -0.000000126. The van der Waals surface area contributed by atoms with Crippen molar-refractivity contribution < 1.29 is 24.6 Å². The van der Waals surface area contributed by atoms with Crippen molar-refractivity contribution in [1.82, 2.24) is 6.15 Å². The normalized spacial score (nSPS) is 9.50. The lowest BCUT2D eigenvalue weighted by atomic mass is 10.4. The molecule has 0 rings (SSSR count). The Kier molecular flexibility index (Phi) is 13.4. The first kappa shape index (κ1) is 16.9. The quantitative estimate of drug-likeness (QED) is 0.309. The molecule has 1 unspecified atom stereocenters. The monoisotopic (exact) mass is 180 g/mol. The molecule has 0 heterocycles. The number of rotatable bonds is 2. The molecule has 0 fully saturated rings. The average Bonchev–Trinajstić information content (AvgIpc) is 1.89. The van der Waals surface area contributed by atoms with Crippen molar-refractivity contribution in [1.29, 1.82) is 0 Å². The predicted octanol–water partition coefficient (Wildman–Crippen LogP) is -1.15. The summed E-state index contributed by atoms with van der Waals surface area (Å²) < 4.78 is 0. The molecule has 7 nitrogen and oxygen atoms in total. The van der Waals surface area contributed by atoms with Crippen molar-refractivity contribution in [2.24, 2.45) is 5.73 Å². The van der Waals surface area contributed by atoms with Crippen molar-refractivity contribution in [3.05, 3.63) is 0 Å². The van der Waals surface area contributed by atoms with Gasteiger partial charge in [0.1, 0.15) is 6.04 Å². The summed E-state index contributed by atoms with van der Waals surface area (Å²) in [5, 5.41) is 15.2. The Hall–Kier alpha value is -1.47. The Morgan fingerprint density at radius 1 is 1.42 bits per heavy atom. The molecule has 0 aliphatic rings. The van der Waals surface area contributed by atoms with E-state index in [9.17, 15) is 4.79 Å². The van der Waals surface area contributed by atoms with Gasteiger partial charge in [-0.05, 0) is 6.92 Å². The summed E-state index contributed by atoms with van der Waals surface area (Å²) in [5.74, 6) is -2.39. The lowest BCUT2D eigenvalue weighted by Crippen LogP contribution is -2.25. The van der Waals surface area contributed by atoms with E-state index in [1.54, 1.807) is 0 Å². The topological polar surface area (TPSA) is 153 Å². The zero-order chi connectivity index (χ0) is 9.44. The molecule has 72 valence electrons. The number of nitrogens with two attached hydrogens (primary N) is 1. The maximum atomic E-state index is 9.57. The third-order valence-electron chi connectivity index (χ3n) is 0.490. The number of hydrogen-bond acceptors (Lipinski definition) is 5. The average molecular weight is 180 g/mol. The lowest BCUT2D eigenvalue weighted by molar-refractivity contribution is -0.143. The van der Waals surface area contributed by atoms with Crippen LogP contribution in [0.2, 0.25) is 0 Å². The fourth-order valence-corrected chi connectivity index (χ4v) is 0. The van der Waals surface area contributed by atoms with Gasteiger partial charge in [0.25, 0.3) is 0 Å². The molecule has 0 aliphatic heterocycles. The van der Waals surface area contributed by atoms with Gasteiger partial charge in [0, 0.05) is 0 Å². The van der Waals surface area contributed by atoms with Gasteiger partial charge in [0.15, 0.2) is 0 Å². The van der Waals surface area contributed by atoms with Gasteiger partial charge in [-0.25, -0.2) is 4.79 Å². The van der Waals surface area contributed by atoms with E-state index >= 15 is 0 Å². The molecular weight excluding hydrogens is 168 g/mol. The van der Waals surface area contributed by atoms with Crippen LogP contribution in [0, 0.1) is 0 Å². The van der Waals surface area contributed by atoms with Crippen LogP contribution in [0.25, 0.3) is 0 Å². The van der Waals surface area contributed by atoms with Crippen LogP contribution in [0.1, 0.15) is 6.92 Å². The summed E-state index contributed by atoms with van der Waals surface area (Å²) in [6.45, 7) is 1.42. The molecule has 0 bridgehead atoms. The Labute approximate surface area is 68.8 Å². The molecule has 12 heavy (non-hydrogen) atoms. The minimum Gasteiger partial charge on any atom is -0.480 e. The molecule has 0 aromatic rings. The van der Waals surface area contributed by atoms with E-state index in [1.807, 2.05) is 0 Å². The fraction of sp³-hybridized carbons (Fsp3) is 0.400. The molecule has 0 amide bonds. The molecule has 0 saturated heterocycles. The number of hydrogen-bond donors (Lipinski definition) is 4. The SMILES string of the molecule is CC(N)C(=O)O.N.O=CC(=O)O. The van der Waals surface area contributed by atoms with Crippen LogP contribution in [-0.2, 0) is 14.4 Å². The maximum absolute atomic E-state index is 9.57. The zero-order valence-corrected chi connectivity index (χ0v) is 6.56. The van der Waals surface area contributed by atoms with Crippen LogP contribution < -0.4 is 11.9 Å². The number of carbonyl (C=O) groups excluding carboxylic acids is 1. The van der Waals surface area contributed by atoms with E-state index in [4.69, 9.17) is 25.5 Å². The first-order valence-electron chi connectivity index (χ1n) is 2.58. The van der Waals surface area contributed by atoms with Crippen LogP contribution in [0.3, 0.4) is 0 Å². The van der Waals surface area contributed by atoms with Crippen LogP contribution >= 0.6 is 0 Å². The standard InChI is InChI=1S/C3H7NO2.C2H2O3.H3N/c1-2(4)3(5)6;3-1-2(4)5;/h2H,4H2,1H3,(H,5,6);1H,(H,4,5);1H3. The molecule has 1 atom stereocenters. The van der Waals surface area contributed by atoms with Crippen molar-refractivity contribution in [3.8, 4) is 0 Å². The van der Waals surface area contributed by atoms with Gasteiger partial charge in [0.2, 0.25) is 6.29 Å². The summed E-state index contributed by atoms with van der Waals surface area (Å²) in [5.41, 5.74) is 4.84. The van der Waals surface area contributed by atoms with E-state index < -0.39 is 18.0 Å². The molecule has 0 radical (unpaired) electrons. The van der Waals surface area contributed by atoms with Gasteiger partial charge in [-0.3, -0.25) is 9.59 Å². The van der Waals surface area contributed by atoms with Crippen molar-refractivity contribution in [2.75, 3.05) is 0 Å². The first-order valence-corrected chi connectivity index (χ1v) is 2.58. The molecule has 0 saturated carbocycles. The second-order valence-corrected chi connectivity index (χ2v) is 1.58. The molecule has 0 aliphatic carbocycles. The molecule has 7 heteroatoms. The van der Waals surface area contributed by atoms with Crippen molar-refractivity contribution in [3.63, 3.8) is 0 Å². The van der Waals surface area contributed by atoms with Crippen LogP contribution in [-0.4, -0.2) is 34.5 Å². The molecule has 0 aromatic heterocycles. The Bertz CT molecular complexity index is 156. The summed E-state index contributed by atoms with van der Waals surface area (Å²) in [4.78, 5) is 27.5. The van der Waals surface area contributed by atoms with Gasteiger partial charge in [-0.15, -0.1) is 0 Å². The third kappa shape index (κ3) is 23.6. The highest BCUT2D eigenvalue weighted by Gasteiger charge is 1.99. The van der Waals surface area contributed by atoms with Gasteiger partial charge in [-0.1, -0.05) is 0 Å². The highest BCUT2D eigenvalue weighted by atomic mass is 16.4. The lowest BCUT2D eigenvalue weighted by Gasteiger charge is -1.90. The highest BCUT2D eigenvalue weighted by molar-refractivity contribution is 6.19. The molecular formula is C5H12N2O5. The van der Waals surface area contributed by atoms with E-state index in [1.165, 1.54) is 6.92 Å². The summed E-state index contributed by atoms with van der Waals surface area (Å²) >= 11 is 0. The number of carboxylic acids is 2. The number of carboxylic acid groups (broad SMARTS) is 2. The fourth-order valence-electron chi connectivity index (χ4n) is 0. The minimum absolute atomic E-state index is 0. The van der Waals surface area contributed by atoms with E-state index in [0.717, 1.165) is 0 Å². The van der Waals surface area contributed by atoms with Gasteiger partial charge < -0.3 is 22.1 Å². The second kappa shape index (κ2) is 9.53. The molecule has 7 N–H and O–H groups in total. The highest BCUT2D eigenvalue weighted by Crippen LogP contribution is 1.68. The van der Waals surface area contributed by atoms with Crippen molar-refractivity contribution >= 4 is 18.2 Å². The van der Waals surface area contributed by atoms with E-state index in [0.29, 0.717) is 0 Å². The summed E-state index contributed by atoms with van der Waals surface area (Å²) in [6, 6.07) is -0.731. The smallest absolute Gasteiger partial charge is 0.368 e. The van der Waals surface area contributed by atoms with Crippen LogP contribution in [0.5, 0.6) is 0 Å². The van der Waals surface area contributed by atoms with Crippen LogP contribution in [0.15, 0.2) is 0 Å². The number of aldehydes is 1. The maximum Gasteiger partial charge on any atom is 0.368 e. The molecule has 0 aromatic carbocycles. The van der Waals surface area contributed by atoms with Gasteiger partial charge in [0.05, 0.1) is 0 Å². The van der Waals surface area contributed by atoms with Crippen molar-refractivity contribution in [2.45, 2.75) is 13.0 Å². The predicted molar refractivity (Wildman–Crippen MR) is 40.0 cm³/mol. The number of aliphatic carboxylic acids is 2. The number of carbonyl (C=O) groups is 3. The third-order valence-corrected chi connectivity index (χ3v) is 0.490. The first-order chi connectivity index (χ1) is 4.91. The Morgan fingerprint density at radius 3 is 1.58 bits per heavy atom. The molecule has 0 spiro atoms. The second-order valence-electron chi connectivity index (χ2n) is 1.58. The minimum atomic E-state index is -1.43. The largest absolute Gasteiger partial charge is 0.480 e.